The van der Waals surface area contributed by atoms with Gasteiger partial charge in [0.25, 0.3) is 0 Å². The van der Waals surface area contributed by atoms with Gasteiger partial charge in [0.15, 0.2) is 5.82 Å². The summed E-state index contributed by atoms with van der Waals surface area (Å²) in [5.41, 5.74) is 6.14. The zero-order valence-electron chi connectivity index (χ0n) is 31.7. The second-order valence-electron chi connectivity index (χ2n) is 16.2. The third-order valence-electron chi connectivity index (χ3n) is 12.6. The molecular formula is C49H44N2S2Si. The number of hydrogen-bond donors (Lipinski definition) is 0. The van der Waals surface area contributed by atoms with Gasteiger partial charge < -0.3 is 0 Å². The molecule has 5 heteroatoms. The van der Waals surface area contributed by atoms with E-state index in [2.05, 4.69) is 193 Å². The zero-order chi connectivity index (χ0) is 37.3. The van der Waals surface area contributed by atoms with Crippen molar-refractivity contribution in [3.05, 3.63) is 180 Å². The number of aromatic nitrogens is 2. The molecule has 0 spiro atoms. The van der Waals surface area contributed by atoms with E-state index in [-0.39, 0.29) is 16.2 Å². The first-order chi connectivity index (χ1) is 26.1. The van der Waals surface area contributed by atoms with E-state index in [1.165, 1.54) is 57.4 Å². The average molecular weight is 753 g/mol. The van der Waals surface area contributed by atoms with Crippen molar-refractivity contribution in [3.63, 3.8) is 0 Å². The second kappa shape index (κ2) is 13.0. The molecule has 0 saturated heterocycles. The van der Waals surface area contributed by atoms with Crippen molar-refractivity contribution in [2.75, 3.05) is 0 Å². The number of fused-ring (bicyclic) bond motifs is 4. The molecule has 2 aliphatic heterocycles. The van der Waals surface area contributed by atoms with Gasteiger partial charge in [-0.15, -0.1) is 0 Å². The summed E-state index contributed by atoms with van der Waals surface area (Å²) in [6.07, 6.45) is 2.01. The lowest BCUT2D eigenvalue weighted by Crippen LogP contribution is -2.76. The molecule has 6 aromatic carbocycles. The van der Waals surface area contributed by atoms with Gasteiger partial charge >= 0.3 is 0 Å². The first-order valence-electron chi connectivity index (χ1n) is 18.8. The fourth-order valence-electron chi connectivity index (χ4n) is 8.92. The van der Waals surface area contributed by atoms with Crippen LogP contribution in [0.25, 0.3) is 11.4 Å². The topological polar surface area (TPSA) is 25.8 Å². The summed E-state index contributed by atoms with van der Waals surface area (Å²) in [5.74, 6) is 0.775. The highest BCUT2D eigenvalue weighted by atomic mass is 32.2. The molecule has 2 nitrogen and oxygen atoms in total. The molecule has 1 aromatic heterocycles. The zero-order valence-corrected chi connectivity index (χ0v) is 34.4. The Labute approximate surface area is 329 Å². The lowest BCUT2D eigenvalue weighted by molar-refractivity contribution is 0.296. The van der Waals surface area contributed by atoms with Gasteiger partial charge in [-0.05, 0) is 66.8 Å². The Morgan fingerprint density at radius 2 is 0.981 bits per heavy atom. The van der Waals surface area contributed by atoms with Crippen LogP contribution in [0, 0.1) is 0 Å². The Kier molecular flexibility index (Phi) is 8.42. The molecule has 266 valence electrons. The summed E-state index contributed by atoms with van der Waals surface area (Å²) in [4.78, 5) is 16.1. The minimum absolute atomic E-state index is 0.108. The Morgan fingerprint density at radius 3 is 1.67 bits per heavy atom. The van der Waals surface area contributed by atoms with E-state index in [1.54, 1.807) is 0 Å². The summed E-state index contributed by atoms with van der Waals surface area (Å²) < 4.78 is 0. The molecule has 0 N–H and O–H groups in total. The second-order valence-corrected chi connectivity index (χ2v) is 22.0. The van der Waals surface area contributed by atoms with Crippen LogP contribution in [-0.2, 0) is 16.2 Å². The third kappa shape index (κ3) is 5.16. The molecule has 0 aliphatic carbocycles. The summed E-state index contributed by atoms with van der Waals surface area (Å²) >= 11 is 3.80. The number of benzene rings is 6. The maximum atomic E-state index is 5.77. The summed E-state index contributed by atoms with van der Waals surface area (Å²) in [7, 11) is -3.10. The first-order valence-corrected chi connectivity index (χ1v) is 22.5. The van der Waals surface area contributed by atoms with E-state index in [1.807, 2.05) is 29.7 Å². The minimum Gasteiger partial charge on any atom is -0.237 e. The quantitative estimate of drug-likeness (QED) is 0.129. The van der Waals surface area contributed by atoms with Gasteiger partial charge in [-0.2, -0.15) is 0 Å². The van der Waals surface area contributed by atoms with Crippen LogP contribution < -0.4 is 20.9 Å². The molecule has 0 fully saturated rings. The van der Waals surface area contributed by atoms with Crippen LogP contribution in [0.4, 0.5) is 0 Å². The first kappa shape index (κ1) is 35.0. The molecule has 0 bridgehead atoms. The van der Waals surface area contributed by atoms with Crippen molar-refractivity contribution in [2.45, 2.75) is 77.4 Å². The monoisotopic (exact) mass is 752 g/mol. The predicted octanol–water partition coefficient (Wildman–Crippen LogP) is 10.0. The smallest absolute Gasteiger partial charge is 0.203 e. The SMILES string of the molecule is CC1(C)c2ccccc2Sc2c(-c3nccc([Si](c4ccccc4)(c4ccccc4)c4cccc5c4Sc4ccccc4C(C)(C)C5(C)C)n3)cccc21. The van der Waals surface area contributed by atoms with Gasteiger partial charge in [0.1, 0.15) is 0 Å². The van der Waals surface area contributed by atoms with Crippen molar-refractivity contribution >= 4 is 52.5 Å². The standard InChI is InChI=1S/C49H44N2S2Si/c1-47(2)36-24-13-15-28-40(36)52-44-35(23-17-26-38(44)47)46-50-32-31-43(51-46)54(33-19-9-7-10-20-33,34-21-11-8-12-22-34)42-30-18-27-39-45(42)53-41-29-16-14-25-37(41)48(3,4)49(39,5)6/h7-32H,1-6H3. The number of nitrogens with zero attached hydrogens (tertiary/aromatic N) is 2. The van der Waals surface area contributed by atoms with E-state index in [9.17, 15) is 0 Å². The molecule has 7 aromatic rings. The number of hydrogen-bond acceptors (Lipinski definition) is 4. The van der Waals surface area contributed by atoms with Crippen LogP contribution in [0.5, 0.6) is 0 Å². The van der Waals surface area contributed by atoms with Crippen molar-refractivity contribution < 1.29 is 0 Å². The van der Waals surface area contributed by atoms with Crippen molar-refractivity contribution in [2.24, 2.45) is 0 Å². The highest BCUT2D eigenvalue weighted by Crippen LogP contribution is 2.54. The van der Waals surface area contributed by atoms with Crippen LogP contribution >= 0.6 is 23.5 Å². The van der Waals surface area contributed by atoms with E-state index in [0.717, 1.165) is 16.7 Å². The lowest BCUT2D eigenvalue weighted by Gasteiger charge is -2.43. The fraction of sp³-hybridized carbons (Fsp3) is 0.184. The van der Waals surface area contributed by atoms with E-state index in [0.29, 0.717) is 0 Å². The molecule has 54 heavy (non-hydrogen) atoms. The van der Waals surface area contributed by atoms with Gasteiger partial charge in [-0.3, -0.25) is 0 Å². The molecule has 2 aliphatic rings. The van der Waals surface area contributed by atoms with Gasteiger partial charge in [-0.1, -0.05) is 199 Å². The Morgan fingerprint density at radius 1 is 0.463 bits per heavy atom. The van der Waals surface area contributed by atoms with E-state index >= 15 is 0 Å². The maximum Gasteiger partial charge on any atom is 0.203 e. The fourth-order valence-corrected chi connectivity index (χ4v) is 17.1. The molecule has 3 heterocycles. The van der Waals surface area contributed by atoms with Crippen LogP contribution in [0.15, 0.2) is 177 Å². The van der Waals surface area contributed by atoms with Gasteiger partial charge in [0.2, 0.25) is 8.07 Å². The largest absolute Gasteiger partial charge is 0.237 e. The Hall–Kier alpha value is -4.68. The molecular weight excluding hydrogens is 709 g/mol. The average Bonchev–Trinajstić information content (AvgIpc) is 3.26. The molecule has 0 unspecified atom stereocenters. The van der Waals surface area contributed by atoms with Crippen molar-refractivity contribution in [1.82, 2.24) is 9.97 Å². The maximum absolute atomic E-state index is 5.77. The molecule has 9 rings (SSSR count). The highest BCUT2D eigenvalue weighted by molar-refractivity contribution is 8.00. The molecule has 0 radical (unpaired) electrons. The molecule has 0 saturated carbocycles. The highest BCUT2D eigenvalue weighted by Gasteiger charge is 2.50. The van der Waals surface area contributed by atoms with Crippen LogP contribution in [0.3, 0.4) is 0 Å². The molecule has 0 amide bonds. The van der Waals surface area contributed by atoms with Gasteiger partial charge in [-0.25, -0.2) is 9.97 Å². The summed E-state index contributed by atoms with van der Waals surface area (Å²) in [6.45, 7) is 14.4. The van der Waals surface area contributed by atoms with Gasteiger partial charge in [0.05, 0.1) is 0 Å². The summed E-state index contributed by atoms with van der Waals surface area (Å²) in [6, 6.07) is 56.3. The third-order valence-corrected chi connectivity index (χ3v) is 19.9. The normalized spacial score (nSPS) is 16.3. The van der Waals surface area contributed by atoms with Crippen molar-refractivity contribution in [1.29, 1.82) is 0 Å². The van der Waals surface area contributed by atoms with E-state index in [4.69, 9.17) is 9.97 Å². The lowest BCUT2D eigenvalue weighted by atomic mass is 9.61. The van der Waals surface area contributed by atoms with Crippen molar-refractivity contribution in [3.8, 4) is 11.4 Å². The van der Waals surface area contributed by atoms with Crippen LogP contribution in [-0.4, -0.2) is 18.0 Å². The van der Waals surface area contributed by atoms with E-state index < -0.39 is 8.07 Å². The van der Waals surface area contributed by atoms with Crippen LogP contribution in [0.2, 0.25) is 0 Å². The Balaban J connectivity index is 1.35. The minimum atomic E-state index is -3.10. The Bertz CT molecular complexity index is 2500. The molecule has 0 atom stereocenters. The predicted molar refractivity (Wildman–Crippen MR) is 230 cm³/mol. The summed E-state index contributed by atoms with van der Waals surface area (Å²) in [5, 5.41) is 5.08. The number of rotatable bonds is 5. The van der Waals surface area contributed by atoms with Gasteiger partial charge in [0, 0.05) is 42.1 Å². The van der Waals surface area contributed by atoms with Crippen LogP contribution in [0.1, 0.15) is 63.8 Å².